The van der Waals surface area contributed by atoms with Crippen molar-refractivity contribution in [2.45, 2.75) is 32.5 Å². The molecule has 0 spiro atoms. The summed E-state index contributed by atoms with van der Waals surface area (Å²) in [6, 6.07) is 5.54. The summed E-state index contributed by atoms with van der Waals surface area (Å²) in [5.41, 5.74) is 0.0756. The van der Waals surface area contributed by atoms with Crippen molar-refractivity contribution in [3.05, 3.63) is 35.7 Å². The van der Waals surface area contributed by atoms with E-state index >= 15 is 0 Å². The van der Waals surface area contributed by atoms with Gasteiger partial charge in [0.25, 0.3) is 5.91 Å². The van der Waals surface area contributed by atoms with Gasteiger partial charge in [0.2, 0.25) is 11.7 Å². The van der Waals surface area contributed by atoms with Crippen LogP contribution in [0.3, 0.4) is 0 Å². The number of carbonyl (C=O) groups is 2. The van der Waals surface area contributed by atoms with Crippen molar-refractivity contribution >= 4 is 11.8 Å². The lowest BCUT2D eigenvalue weighted by Crippen LogP contribution is -2.45. The molecule has 2 amide bonds. The summed E-state index contributed by atoms with van der Waals surface area (Å²) in [6.07, 6.45) is -4.72. The molecule has 0 fully saturated rings. The normalized spacial score (nSPS) is 11.9. The van der Waals surface area contributed by atoms with Crippen LogP contribution in [0.4, 0.5) is 13.2 Å². The van der Waals surface area contributed by atoms with Gasteiger partial charge in [-0.05, 0) is 32.9 Å². The molecule has 0 aliphatic heterocycles. The number of hydrogen-bond acceptors (Lipinski definition) is 5. The molecule has 0 aliphatic rings. The third kappa shape index (κ3) is 5.30. The van der Waals surface area contributed by atoms with Crippen molar-refractivity contribution in [3.63, 3.8) is 0 Å². The molecule has 0 radical (unpaired) electrons. The average Bonchev–Trinajstić information content (AvgIpc) is 3.01. The number of carbonyl (C=O) groups excluding carboxylic acids is 2. The molecule has 1 aromatic heterocycles. The summed E-state index contributed by atoms with van der Waals surface area (Å²) in [7, 11) is 0. The molecule has 26 heavy (non-hydrogen) atoms. The van der Waals surface area contributed by atoms with Crippen molar-refractivity contribution in [3.8, 4) is 11.4 Å². The minimum Gasteiger partial charge on any atom is -0.350 e. The molecule has 0 bridgehead atoms. The van der Waals surface area contributed by atoms with Gasteiger partial charge in [-0.25, -0.2) is 0 Å². The average molecular weight is 370 g/mol. The highest BCUT2D eigenvalue weighted by molar-refractivity contribution is 5.96. The maximum Gasteiger partial charge on any atom is 0.471 e. The highest BCUT2D eigenvalue weighted by atomic mass is 19.4. The molecule has 140 valence electrons. The maximum atomic E-state index is 12.5. The Morgan fingerprint density at radius 1 is 1.12 bits per heavy atom. The maximum absolute atomic E-state index is 12.5. The number of alkyl halides is 3. The Kier molecular flexibility index (Phi) is 5.33. The van der Waals surface area contributed by atoms with Crippen molar-refractivity contribution in [1.82, 2.24) is 20.8 Å². The van der Waals surface area contributed by atoms with Crippen LogP contribution >= 0.6 is 0 Å². The zero-order valence-electron chi connectivity index (χ0n) is 14.3. The monoisotopic (exact) mass is 370 g/mol. The van der Waals surface area contributed by atoms with Crippen LogP contribution in [0.25, 0.3) is 11.4 Å². The van der Waals surface area contributed by atoms with E-state index in [0.29, 0.717) is 0 Å². The number of halogens is 3. The van der Waals surface area contributed by atoms with Crippen molar-refractivity contribution in [2.24, 2.45) is 0 Å². The molecule has 2 N–H and O–H groups in total. The van der Waals surface area contributed by atoms with Crippen LogP contribution in [0.15, 0.2) is 28.8 Å². The van der Waals surface area contributed by atoms with E-state index in [1.54, 1.807) is 0 Å². The van der Waals surface area contributed by atoms with Crippen molar-refractivity contribution < 1.29 is 27.3 Å². The summed E-state index contributed by atoms with van der Waals surface area (Å²) in [5.74, 6) is -2.52. The Morgan fingerprint density at radius 3 is 2.23 bits per heavy atom. The van der Waals surface area contributed by atoms with E-state index in [9.17, 15) is 22.8 Å². The summed E-state index contributed by atoms with van der Waals surface area (Å²) in [4.78, 5) is 26.9. The highest BCUT2D eigenvalue weighted by Gasteiger charge is 2.38. The molecule has 0 saturated heterocycles. The zero-order chi connectivity index (χ0) is 19.5. The van der Waals surface area contributed by atoms with E-state index in [1.807, 2.05) is 20.8 Å². The van der Waals surface area contributed by atoms with Crippen molar-refractivity contribution in [2.75, 3.05) is 6.54 Å². The molecule has 0 atom stereocenters. The molecule has 2 aromatic rings. The van der Waals surface area contributed by atoms with E-state index in [2.05, 4.69) is 25.3 Å². The Labute approximate surface area is 147 Å². The van der Waals surface area contributed by atoms with Gasteiger partial charge in [0.1, 0.15) is 0 Å². The number of rotatable bonds is 4. The molecule has 2 rings (SSSR count). The van der Waals surface area contributed by atoms with E-state index in [-0.39, 0.29) is 29.4 Å². The van der Waals surface area contributed by atoms with Crippen LogP contribution in [-0.4, -0.2) is 34.0 Å². The molecule has 0 saturated carbocycles. The first-order valence-electron chi connectivity index (χ1n) is 7.56. The van der Waals surface area contributed by atoms with Gasteiger partial charge in [0.05, 0.1) is 6.54 Å². The summed E-state index contributed by atoms with van der Waals surface area (Å²) in [6.45, 7) is 5.24. The predicted octanol–water partition coefficient (Wildman–Crippen LogP) is 2.40. The fourth-order valence-corrected chi connectivity index (χ4v) is 1.95. The molecule has 7 nitrogen and oxygen atoms in total. The predicted molar refractivity (Wildman–Crippen MR) is 85.0 cm³/mol. The zero-order valence-corrected chi connectivity index (χ0v) is 14.3. The van der Waals surface area contributed by atoms with Crippen molar-refractivity contribution in [1.29, 1.82) is 0 Å². The second-order valence-corrected chi connectivity index (χ2v) is 6.48. The summed E-state index contributed by atoms with van der Waals surface area (Å²) >= 11 is 0. The van der Waals surface area contributed by atoms with Gasteiger partial charge in [-0.3, -0.25) is 9.59 Å². The first-order valence-corrected chi connectivity index (χ1v) is 7.56. The van der Waals surface area contributed by atoms with Crippen LogP contribution in [-0.2, 0) is 11.0 Å². The van der Waals surface area contributed by atoms with Crippen LogP contribution in [0.5, 0.6) is 0 Å². The molecule has 1 heterocycles. The third-order valence-electron chi connectivity index (χ3n) is 3.00. The molecular weight excluding hydrogens is 353 g/mol. The number of hydrogen-bond donors (Lipinski definition) is 2. The van der Waals surface area contributed by atoms with E-state index < -0.39 is 23.5 Å². The van der Waals surface area contributed by atoms with Gasteiger partial charge in [0, 0.05) is 16.7 Å². The largest absolute Gasteiger partial charge is 0.471 e. The number of benzene rings is 1. The molecule has 0 unspecified atom stereocenters. The molecular formula is C16H17F3N4O3. The Morgan fingerprint density at radius 2 is 1.73 bits per heavy atom. The molecule has 0 aliphatic carbocycles. The smallest absolute Gasteiger partial charge is 0.350 e. The van der Waals surface area contributed by atoms with E-state index in [0.717, 1.165) is 0 Å². The van der Waals surface area contributed by atoms with Crippen LogP contribution in [0.1, 0.15) is 37.0 Å². The number of aromatic nitrogens is 2. The minimum absolute atomic E-state index is 0.197. The SMILES string of the molecule is CC(C)(C)NC(=O)CNC(=O)c1ccc(-c2noc(C(F)(F)F)n2)cc1. The van der Waals surface area contributed by atoms with Gasteiger partial charge in [-0.1, -0.05) is 17.3 Å². The summed E-state index contributed by atoms with van der Waals surface area (Å²) in [5, 5.41) is 8.41. The van der Waals surface area contributed by atoms with Crippen LogP contribution in [0, 0.1) is 0 Å². The fraction of sp³-hybridized carbons (Fsp3) is 0.375. The Balaban J connectivity index is 1.99. The first kappa shape index (κ1) is 19.4. The van der Waals surface area contributed by atoms with Gasteiger partial charge < -0.3 is 15.2 Å². The number of nitrogens with one attached hydrogen (secondary N) is 2. The fourth-order valence-electron chi connectivity index (χ4n) is 1.95. The molecule has 1 aromatic carbocycles. The van der Waals surface area contributed by atoms with Crippen LogP contribution < -0.4 is 10.6 Å². The summed E-state index contributed by atoms with van der Waals surface area (Å²) < 4.78 is 41.5. The second-order valence-electron chi connectivity index (χ2n) is 6.48. The van der Waals surface area contributed by atoms with E-state index in [1.165, 1.54) is 24.3 Å². The number of amides is 2. The highest BCUT2D eigenvalue weighted by Crippen LogP contribution is 2.29. The first-order chi connectivity index (χ1) is 12.0. The van der Waals surface area contributed by atoms with Gasteiger partial charge in [-0.2, -0.15) is 18.2 Å². The lowest BCUT2D eigenvalue weighted by atomic mass is 10.1. The van der Waals surface area contributed by atoms with Crippen LogP contribution in [0.2, 0.25) is 0 Å². The quantitative estimate of drug-likeness (QED) is 0.861. The second kappa shape index (κ2) is 7.14. The third-order valence-corrected chi connectivity index (χ3v) is 3.00. The minimum atomic E-state index is -4.72. The lowest BCUT2D eigenvalue weighted by molar-refractivity contribution is -0.159. The number of nitrogens with zero attached hydrogens (tertiary/aromatic N) is 2. The topological polar surface area (TPSA) is 97.1 Å². The Bertz CT molecular complexity index is 792. The van der Waals surface area contributed by atoms with Gasteiger partial charge in [0.15, 0.2) is 0 Å². The standard InChI is InChI=1S/C16H17F3N4O3/c1-15(2,3)22-11(24)8-20-13(25)10-6-4-9(5-7-10)12-21-14(26-23-12)16(17,18)19/h4-7H,8H2,1-3H3,(H,20,25)(H,22,24). The van der Waals surface area contributed by atoms with Gasteiger partial charge >= 0.3 is 12.1 Å². The Hall–Kier alpha value is -2.91. The molecule has 10 heteroatoms. The lowest BCUT2D eigenvalue weighted by Gasteiger charge is -2.20. The van der Waals surface area contributed by atoms with E-state index in [4.69, 9.17) is 0 Å². The van der Waals surface area contributed by atoms with Gasteiger partial charge in [-0.15, -0.1) is 0 Å².